The maximum Gasteiger partial charge on any atom is 0.407 e. The van der Waals surface area contributed by atoms with E-state index in [0.717, 1.165) is 39.0 Å². The van der Waals surface area contributed by atoms with Gasteiger partial charge in [-0.25, -0.2) is 9.78 Å². The van der Waals surface area contributed by atoms with Crippen LogP contribution in [0.15, 0.2) is 83.1 Å². The Labute approximate surface area is 224 Å². The van der Waals surface area contributed by atoms with Crippen molar-refractivity contribution in [3.8, 4) is 22.4 Å². The van der Waals surface area contributed by atoms with E-state index in [1.807, 2.05) is 60.0 Å². The third-order valence-corrected chi connectivity index (χ3v) is 6.73. The van der Waals surface area contributed by atoms with Crippen LogP contribution in [0.4, 0.5) is 9.80 Å². The predicted molar refractivity (Wildman–Crippen MR) is 149 cm³/mol. The molecule has 0 spiro atoms. The van der Waals surface area contributed by atoms with E-state index < -0.39 is 17.6 Å². The maximum absolute atomic E-state index is 13.4. The molecule has 9 heteroatoms. The number of anilines is 1. The minimum Gasteiger partial charge on any atom is -0.472 e. The number of aromatic nitrogens is 2. The van der Waals surface area contributed by atoms with Gasteiger partial charge in [-0.3, -0.25) is 4.79 Å². The quantitative estimate of drug-likeness (QED) is 0.215. The minimum absolute atomic E-state index is 0.0990. The number of carbonyl (C=O) groups excluding carboxylic acids is 2. The topological polar surface area (TPSA) is 109 Å². The van der Waals surface area contributed by atoms with Gasteiger partial charge in [0.25, 0.3) is 0 Å². The number of hydrogen-bond acceptors (Lipinski definition) is 6. The predicted octanol–water partition coefficient (Wildman–Crippen LogP) is 6.80. The van der Waals surface area contributed by atoms with Crippen LogP contribution in [0, 0.1) is 0 Å². The molecule has 4 heterocycles. The monoisotopic (exact) mass is 528 g/mol. The number of hydrogen-bond donors (Lipinski definition) is 3. The fourth-order valence-corrected chi connectivity index (χ4v) is 5.03. The fourth-order valence-electron chi connectivity index (χ4n) is 4.23. The summed E-state index contributed by atoms with van der Waals surface area (Å²) >= 11 is 1.43. The molecule has 38 heavy (non-hydrogen) atoms. The Morgan fingerprint density at radius 1 is 1.11 bits per heavy atom. The first-order chi connectivity index (χ1) is 18.3. The molecule has 2 amide bonds. The van der Waals surface area contributed by atoms with Crippen LogP contribution in [0.3, 0.4) is 0 Å². The highest BCUT2D eigenvalue weighted by Crippen LogP contribution is 2.40. The molecule has 0 bridgehead atoms. The van der Waals surface area contributed by atoms with E-state index in [-0.39, 0.29) is 12.5 Å². The van der Waals surface area contributed by atoms with E-state index in [2.05, 4.69) is 20.6 Å². The standard InChI is InChI=1S/C29H28N4O4S/c1-29(2,3)37-28(35)31-15-22(18-8-5-4-6-9-18)27(34)32-23-14-20(17-38-23)24-21-10-7-12-30-26(21)33-25(24)19-11-13-36-16-19/h4-14,16-17,22H,15H2,1-3H3,(H,30,33)(H,31,35)(H,32,34). The Bertz CT molecular complexity index is 1550. The normalized spacial score (nSPS) is 12.3. The van der Waals surface area contributed by atoms with Gasteiger partial charge in [0.1, 0.15) is 11.2 Å². The van der Waals surface area contributed by atoms with E-state index in [1.165, 1.54) is 11.3 Å². The smallest absolute Gasteiger partial charge is 0.407 e. The van der Waals surface area contributed by atoms with Crippen LogP contribution in [0.2, 0.25) is 0 Å². The molecule has 3 N–H and O–H groups in total. The molecule has 1 unspecified atom stereocenters. The zero-order valence-electron chi connectivity index (χ0n) is 21.3. The summed E-state index contributed by atoms with van der Waals surface area (Å²) in [6, 6.07) is 17.1. The number of ether oxygens (including phenoxy) is 1. The number of pyridine rings is 1. The van der Waals surface area contributed by atoms with Gasteiger partial charge in [0.15, 0.2) is 0 Å². The zero-order chi connectivity index (χ0) is 26.7. The Kier molecular flexibility index (Phi) is 7.02. The van der Waals surface area contributed by atoms with Crippen molar-refractivity contribution in [2.24, 2.45) is 0 Å². The van der Waals surface area contributed by atoms with Gasteiger partial charge in [-0.05, 0) is 56.2 Å². The molecule has 4 aromatic heterocycles. The second kappa shape index (κ2) is 10.5. The van der Waals surface area contributed by atoms with Crippen molar-refractivity contribution in [2.75, 3.05) is 11.9 Å². The Balaban J connectivity index is 1.39. The molecule has 8 nitrogen and oxygen atoms in total. The average molecular weight is 529 g/mol. The Morgan fingerprint density at radius 3 is 2.66 bits per heavy atom. The van der Waals surface area contributed by atoms with E-state index in [0.29, 0.717) is 5.00 Å². The molecule has 1 aromatic carbocycles. The number of furan rings is 1. The van der Waals surface area contributed by atoms with Crippen LogP contribution < -0.4 is 10.6 Å². The summed E-state index contributed by atoms with van der Waals surface area (Å²) < 4.78 is 10.7. The number of thiophene rings is 1. The van der Waals surface area contributed by atoms with Gasteiger partial charge < -0.3 is 24.8 Å². The number of alkyl carbamates (subject to hydrolysis) is 1. The third-order valence-electron chi connectivity index (χ3n) is 5.88. The second-order valence-electron chi connectivity index (χ2n) is 9.82. The van der Waals surface area contributed by atoms with Crippen molar-refractivity contribution in [3.05, 3.63) is 84.3 Å². The number of aromatic amines is 1. The molecule has 194 valence electrons. The number of amides is 2. The van der Waals surface area contributed by atoms with Crippen molar-refractivity contribution in [3.63, 3.8) is 0 Å². The first-order valence-electron chi connectivity index (χ1n) is 12.2. The molecule has 0 aliphatic heterocycles. The lowest BCUT2D eigenvalue weighted by molar-refractivity contribution is -0.117. The van der Waals surface area contributed by atoms with Crippen LogP contribution in [0.5, 0.6) is 0 Å². The molecule has 0 fully saturated rings. The maximum atomic E-state index is 13.4. The molecule has 0 radical (unpaired) electrons. The summed E-state index contributed by atoms with van der Waals surface area (Å²) in [4.78, 5) is 33.6. The van der Waals surface area contributed by atoms with Crippen LogP contribution in [0.1, 0.15) is 32.3 Å². The van der Waals surface area contributed by atoms with Gasteiger partial charge >= 0.3 is 6.09 Å². The SMILES string of the molecule is CC(C)(C)OC(=O)NCC(C(=O)Nc1cc(-c2c(-c3ccoc3)[nH]c3ncccc23)cs1)c1ccccc1. The number of nitrogens with zero attached hydrogens (tertiary/aromatic N) is 1. The van der Waals surface area contributed by atoms with Gasteiger partial charge in [0.2, 0.25) is 5.91 Å². The lowest BCUT2D eigenvalue weighted by Crippen LogP contribution is -2.37. The molecule has 0 aliphatic carbocycles. The molecule has 5 aromatic rings. The highest BCUT2D eigenvalue weighted by atomic mass is 32.1. The molecule has 5 rings (SSSR count). The fraction of sp³-hybridized carbons (Fsp3) is 0.207. The highest BCUT2D eigenvalue weighted by molar-refractivity contribution is 7.14. The zero-order valence-corrected chi connectivity index (χ0v) is 22.1. The Hall–Kier alpha value is -4.37. The Morgan fingerprint density at radius 2 is 1.92 bits per heavy atom. The van der Waals surface area contributed by atoms with Crippen molar-refractivity contribution < 1.29 is 18.7 Å². The first-order valence-corrected chi connectivity index (χ1v) is 13.1. The molecular formula is C29H28N4O4S. The third kappa shape index (κ3) is 5.63. The number of carbonyl (C=O) groups is 2. The summed E-state index contributed by atoms with van der Waals surface area (Å²) in [6.07, 6.45) is 4.50. The van der Waals surface area contributed by atoms with E-state index in [4.69, 9.17) is 9.15 Å². The number of rotatable bonds is 7. The van der Waals surface area contributed by atoms with Gasteiger partial charge in [-0.1, -0.05) is 30.3 Å². The summed E-state index contributed by atoms with van der Waals surface area (Å²) in [5.74, 6) is -0.829. The average Bonchev–Trinajstić information content (AvgIpc) is 3.63. The van der Waals surface area contributed by atoms with Crippen molar-refractivity contribution in [1.82, 2.24) is 15.3 Å². The number of H-pyrrole nitrogens is 1. The lowest BCUT2D eigenvalue weighted by atomic mass is 9.98. The summed E-state index contributed by atoms with van der Waals surface area (Å²) in [5.41, 5.74) is 4.67. The molecule has 0 saturated heterocycles. The van der Waals surface area contributed by atoms with Crippen molar-refractivity contribution in [2.45, 2.75) is 32.3 Å². The number of benzene rings is 1. The summed E-state index contributed by atoms with van der Waals surface area (Å²) in [7, 11) is 0. The lowest BCUT2D eigenvalue weighted by Gasteiger charge is -2.22. The molecular weight excluding hydrogens is 500 g/mol. The highest BCUT2D eigenvalue weighted by Gasteiger charge is 2.24. The summed E-state index contributed by atoms with van der Waals surface area (Å²) in [6.45, 7) is 5.49. The minimum atomic E-state index is -0.630. The van der Waals surface area contributed by atoms with Crippen molar-refractivity contribution in [1.29, 1.82) is 0 Å². The second-order valence-corrected chi connectivity index (χ2v) is 10.7. The van der Waals surface area contributed by atoms with Crippen LogP contribution in [0.25, 0.3) is 33.4 Å². The van der Waals surface area contributed by atoms with E-state index in [9.17, 15) is 9.59 Å². The van der Waals surface area contributed by atoms with Gasteiger partial charge in [0.05, 0.1) is 29.1 Å². The van der Waals surface area contributed by atoms with Crippen molar-refractivity contribution >= 4 is 39.4 Å². The molecule has 0 aliphatic rings. The van der Waals surface area contributed by atoms with Gasteiger partial charge in [-0.15, -0.1) is 11.3 Å². The molecule has 0 saturated carbocycles. The van der Waals surface area contributed by atoms with Gasteiger partial charge in [0, 0.05) is 34.6 Å². The van der Waals surface area contributed by atoms with Crippen LogP contribution >= 0.6 is 11.3 Å². The number of nitrogens with one attached hydrogen (secondary N) is 3. The molecule has 1 atom stereocenters. The van der Waals surface area contributed by atoms with Crippen LogP contribution in [-0.4, -0.2) is 34.1 Å². The largest absolute Gasteiger partial charge is 0.472 e. The first kappa shape index (κ1) is 25.3. The van der Waals surface area contributed by atoms with Crippen LogP contribution in [-0.2, 0) is 9.53 Å². The van der Waals surface area contributed by atoms with Gasteiger partial charge in [-0.2, -0.15) is 0 Å². The van der Waals surface area contributed by atoms with E-state index >= 15 is 0 Å². The number of fused-ring (bicyclic) bond motifs is 1. The van der Waals surface area contributed by atoms with E-state index in [1.54, 1.807) is 39.5 Å². The summed E-state index contributed by atoms with van der Waals surface area (Å²) in [5, 5.41) is 9.45.